The normalized spacial score (nSPS) is 23.6. The topological polar surface area (TPSA) is 52.6 Å². The average molecular weight is 350 g/mol. The molecule has 0 aromatic heterocycles. The van der Waals surface area contributed by atoms with Crippen LogP contribution in [0.1, 0.15) is 35.6 Å². The number of rotatable bonds is 5. The number of carbonyl (C=O) groups excluding carboxylic acids is 1. The van der Waals surface area contributed by atoms with Gasteiger partial charge >= 0.3 is 0 Å². The number of aliphatic hydroxyl groups is 1. The Balaban J connectivity index is 1.39. The molecular weight excluding hydrogens is 324 g/mol. The number of carbonyl (C=O) groups is 1. The van der Waals surface area contributed by atoms with E-state index >= 15 is 0 Å². The molecule has 136 valence electrons. The third-order valence-corrected chi connectivity index (χ3v) is 5.67. The Kier molecular flexibility index (Phi) is 5.05. The highest BCUT2D eigenvalue weighted by Gasteiger charge is 2.35. The van der Waals surface area contributed by atoms with Crippen LogP contribution < -0.4 is 5.32 Å². The van der Waals surface area contributed by atoms with E-state index in [1.54, 1.807) is 0 Å². The summed E-state index contributed by atoms with van der Waals surface area (Å²) in [5.41, 5.74) is 3.85. The largest absolute Gasteiger partial charge is 0.393 e. The van der Waals surface area contributed by atoms with Crippen molar-refractivity contribution in [1.29, 1.82) is 0 Å². The molecule has 0 spiro atoms. The van der Waals surface area contributed by atoms with Crippen LogP contribution >= 0.6 is 0 Å². The highest BCUT2D eigenvalue weighted by molar-refractivity contribution is 5.78. The second-order valence-electron chi connectivity index (χ2n) is 7.57. The van der Waals surface area contributed by atoms with Gasteiger partial charge in [0.1, 0.15) is 0 Å². The first-order chi connectivity index (χ1) is 12.7. The molecular formula is C22H26N2O2. The molecule has 1 aliphatic heterocycles. The number of aliphatic hydroxyl groups excluding tert-OH is 1. The fraction of sp³-hybridized carbons (Fsp3) is 0.409. The fourth-order valence-corrected chi connectivity index (χ4v) is 4.15. The van der Waals surface area contributed by atoms with Gasteiger partial charge < -0.3 is 10.4 Å². The minimum Gasteiger partial charge on any atom is -0.393 e. The minimum absolute atomic E-state index is 0.0100. The van der Waals surface area contributed by atoms with Gasteiger partial charge in [-0.05, 0) is 41.9 Å². The molecule has 0 saturated heterocycles. The average Bonchev–Trinajstić information content (AvgIpc) is 2.64. The van der Waals surface area contributed by atoms with E-state index in [1.165, 1.54) is 11.1 Å². The molecule has 4 nitrogen and oxygen atoms in total. The summed E-state index contributed by atoms with van der Waals surface area (Å²) in [5, 5.41) is 12.9. The second-order valence-corrected chi connectivity index (χ2v) is 7.57. The van der Waals surface area contributed by atoms with Crippen LogP contribution in [0.2, 0.25) is 0 Å². The van der Waals surface area contributed by atoms with E-state index < -0.39 is 0 Å². The summed E-state index contributed by atoms with van der Waals surface area (Å²) in [5.74, 6) is 0.387. The maximum atomic E-state index is 12.7. The zero-order valence-electron chi connectivity index (χ0n) is 15.0. The minimum atomic E-state index is -0.221. The number of hydrogen-bond acceptors (Lipinski definition) is 3. The number of benzene rings is 2. The van der Waals surface area contributed by atoms with E-state index in [-0.39, 0.29) is 18.1 Å². The summed E-state index contributed by atoms with van der Waals surface area (Å²) in [4.78, 5) is 14.9. The van der Waals surface area contributed by atoms with E-state index in [0.717, 1.165) is 37.9 Å². The van der Waals surface area contributed by atoms with Crippen molar-refractivity contribution < 1.29 is 9.90 Å². The van der Waals surface area contributed by atoms with Crippen LogP contribution in [-0.2, 0) is 17.8 Å². The van der Waals surface area contributed by atoms with Crippen LogP contribution in [0.5, 0.6) is 0 Å². The molecule has 4 heteroatoms. The van der Waals surface area contributed by atoms with Crippen molar-refractivity contribution >= 4 is 5.91 Å². The molecule has 1 amide bonds. The van der Waals surface area contributed by atoms with Crippen molar-refractivity contribution in [1.82, 2.24) is 10.2 Å². The quantitative estimate of drug-likeness (QED) is 0.872. The predicted molar refractivity (Wildman–Crippen MR) is 101 cm³/mol. The van der Waals surface area contributed by atoms with Crippen LogP contribution in [0.15, 0.2) is 54.6 Å². The first-order valence-electron chi connectivity index (χ1n) is 9.50. The highest BCUT2D eigenvalue weighted by Crippen LogP contribution is 2.38. The summed E-state index contributed by atoms with van der Waals surface area (Å²) in [6.45, 7) is 2.18. The zero-order valence-corrected chi connectivity index (χ0v) is 15.0. The Hall–Kier alpha value is -2.17. The molecule has 1 aliphatic carbocycles. The molecule has 1 atom stereocenters. The molecule has 2 aromatic rings. The molecule has 0 radical (unpaired) electrons. The number of fused-ring (bicyclic) bond motifs is 1. The molecule has 4 rings (SSSR count). The maximum absolute atomic E-state index is 12.7. The number of nitrogens with one attached hydrogen (secondary N) is 1. The molecule has 26 heavy (non-hydrogen) atoms. The fourth-order valence-electron chi connectivity index (χ4n) is 4.15. The molecule has 0 bridgehead atoms. The summed E-state index contributed by atoms with van der Waals surface area (Å²) < 4.78 is 0. The second kappa shape index (κ2) is 7.60. The highest BCUT2D eigenvalue weighted by atomic mass is 16.3. The van der Waals surface area contributed by atoms with Crippen molar-refractivity contribution in [2.45, 2.75) is 38.0 Å². The summed E-state index contributed by atoms with van der Waals surface area (Å²) in [6, 6.07) is 18.6. The lowest BCUT2D eigenvalue weighted by Crippen LogP contribution is -2.45. The van der Waals surface area contributed by atoms with Crippen LogP contribution in [0.3, 0.4) is 0 Å². The SMILES string of the molecule is O=C(CN1CCc2ccccc2C1)N[C@@H](c1ccccc1)C1CC(O)C1. The Labute approximate surface area is 154 Å². The van der Waals surface area contributed by atoms with Crippen molar-refractivity contribution in [3.8, 4) is 0 Å². The monoisotopic (exact) mass is 350 g/mol. The predicted octanol–water partition coefficient (Wildman–Crippen LogP) is 2.67. The van der Waals surface area contributed by atoms with E-state index in [4.69, 9.17) is 0 Å². The summed E-state index contributed by atoms with van der Waals surface area (Å²) >= 11 is 0. The van der Waals surface area contributed by atoms with Gasteiger partial charge in [-0.2, -0.15) is 0 Å². The molecule has 2 N–H and O–H groups in total. The number of hydrogen-bond donors (Lipinski definition) is 2. The van der Waals surface area contributed by atoms with Crippen LogP contribution in [-0.4, -0.2) is 35.1 Å². The maximum Gasteiger partial charge on any atom is 0.234 e. The van der Waals surface area contributed by atoms with Crippen LogP contribution in [0.25, 0.3) is 0 Å². The summed E-state index contributed by atoms with van der Waals surface area (Å²) in [6.07, 6.45) is 2.30. The third-order valence-electron chi connectivity index (χ3n) is 5.67. The Morgan fingerprint density at radius 1 is 1.08 bits per heavy atom. The smallest absolute Gasteiger partial charge is 0.234 e. The van der Waals surface area contributed by atoms with Crippen LogP contribution in [0, 0.1) is 5.92 Å². The van der Waals surface area contributed by atoms with E-state index in [2.05, 4.69) is 46.6 Å². The lowest BCUT2D eigenvalue weighted by Gasteiger charge is -2.38. The van der Waals surface area contributed by atoms with Gasteiger partial charge in [-0.3, -0.25) is 9.69 Å². The first-order valence-corrected chi connectivity index (χ1v) is 9.50. The van der Waals surface area contributed by atoms with Gasteiger partial charge in [0.15, 0.2) is 0 Å². The van der Waals surface area contributed by atoms with Crippen molar-refractivity contribution in [2.75, 3.05) is 13.1 Å². The van der Waals surface area contributed by atoms with E-state index in [0.29, 0.717) is 12.5 Å². The standard InChI is InChI=1S/C22H26N2O2/c25-20-12-19(13-20)22(17-7-2-1-3-8-17)23-21(26)15-24-11-10-16-6-4-5-9-18(16)14-24/h1-9,19-20,22,25H,10-15H2,(H,23,26)/t19?,20?,22-/m0/s1. The molecule has 1 heterocycles. The van der Waals surface area contributed by atoms with Gasteiger partial charge in [0.05, 0.1) is 18.7 Å². The molecule has 2 aromatic carbocycles. The Bertz CT molecular complexity index is 756. The Morgan fingerprint density at radius 2 is 1.77 bits per heavy atom. The van der Waals surface area contributed by atoms with Crippen molar-refractivity contribution in [3.05, 3.63) is 71.3 Å². The lowest BCUT2D eigenvalue weighted by molar-refractivity contribution is -0.124. The van der Waals surface area contributed by atoms with Gasteiger partial charge in [-0.1, -0.05) is 54.6 Å². The Morgan fingerprint density at radius 3 is 2.50 bits per heavy atom. The van der Waals surface area contributed by atoms with Gasteiger partial charge in [0, 0.05) is 13.1 Å². The van der Waals surface area contributed by atoms with E-state index in [9.17, 15) is 9.90 Å². The molecule has 1 fully saturated rings. The number of nitrogens with zero attached hydrogens (tertiary/aromatic N) is 1. The summed E-state index contributed by atoms with van der Waals surface area (Å²) in [7, 11) is 0. The van der Waals surface area contributed by atoms with E-state index in [1.807, 2.05) is 18.2 Å². The van der Waals surface area contributed by atoms with Gasteiger partial charge in [0.25, 0.3) is 0 Å². The molecule has 1 saturated carbocycles. The zero-order chi connectivity index (χ0) is 17.9. The van der Waals surface area contributed by atoms with Gasteiger partial charge in [0.2, 0.25) is 5.91 Å². The van der Waals surface area contributed by atoms with Crippen LogP contribution in [0.4, 0.5) is 0 Å². The van der Waals surface area contributed by atoms with Crippen molar-refractivity contribution in [3.63, 3.8) is 0 Å². The number of amides is 1. The lowest BCUT2D eigenvalue weighted by atomic mass is 9.75. The third kappa shape index (κ3) is 3.81. The van der Waals surface area contributed by atoms with Crippen molar-refractivity contribution in [2.24, 2.45) is 5.92 Å². The first kappa shape index (κ1) is 17.3. The van der Waals surface area contributed by atoms with Gasteiger partial charge in [-0.25, -0.2) is 0 Å². The molecule has 0 unspecified atom stereocenters. The molecule has 2 aliphatic rings. The van der Waals surface area contributed by atoms with Gasteiger partial charge in [-0.15, -0.1) is 0 Å².